The molecule has 1 aromatic heterocycles. The molecule has 0 unspecified atom stereocenters. The molecule has 2 amide bonds. The normalized spacial score (nSPS) is 28.5. The van der Waals surface area contributed by atoms with Gasteiger partial charge in [-0.05, 0) is 43.9 Å². The first-order chi connectivity index (χ1) is 13.1. The molecule has 2 atom stereocenters. The molecule has 2 aliphatic heterocycles. The molecule has 27 heavy (non-hydrogen) atoms. The number of hydrogen-bond donors (Lipinski definition) is 0. The van der Waals surface area contributed by atoms with Crippen molar-refractivity contribution in [2.24, 2.45) is 11.3 Å². The van der Waals surface area contributed by atoms with Crippen molar-refractivity contribution in [3.05, 3.63) is 23.3 Å². The number of hydrogen-bond acceptors (Lipinski definition) is 4. The van der Waals surface area contributed by atoms with E-state index in [1.54, 1.807) is 6.92 Å². The van der Waals surface area contributed by atoms with Crippen molar-refractivity contribution >= 4 is 11.8 Å². The van der Waals surface area contributed by atoms with Crippen LogP contribution in [-0.4, -0.2) is 44.7 Å². The van der Waals surface area contributed by atoms with Gasteiger partial charge in [0.2, 0.25) is 11.8 Å². The van der Waals surface area contributed by atoms with Crippen LogP contribution in [0.4, 0.5) is 0 Å². The molecule has 2 saturated carbocycles. The van der Waals surface area contributed by atoms with Crippen molar-refractivity contribution in [2.45, 2.75) is 70.9 Å². The van der Waals surface area contributed by atoms with E-state index in [-0.39, 0.29) is 17.9 Å². The van der Waals surface area contributed by atoms with E-state index in [4.69, 9.17) is 4.98 Å². The Morgan fingerprint density at radius 2 is 2.04 bits per heavy atom. The summed E-state index contributed by atoms with van der Waals surface area (Å²) in [5.41, 5.74) is 2.52. The summed E-state index contributed by atoms with van der Waals surface area (Å²) in [4.78, 5) is 38.2. The second-order valence-corrected chi connectivity index (χ2v) is 8.91. The lowest BCUT2D eigenvalue weighted by Crippen LogP contribution is -2.40. The predicted octanol–water partition coefficient (Wildman–Crippen LogP) is 2.63. The lowest BCUT2D eigenvalue weighted by molar-refractivity contribution is -0.135. The zero-order valence-corrected chi connectivity index (χ0v) is 16.1. The summed E-state index contributed by atoms with van der Waals surface area (Å²) in [6.07, 6.45) is 10.7. The van der Waals surface area contributed by atoms with E-state index in [0.717, 1.165) is 62.3 Å². The molecule has 144 valence electrons. The van der Waals surface area contributed by atoms with Crippen LogP contribution in [0.2, 0.25) is 0 Å². The Morgan fingerprint density at radius 3 is 2.74 bits per heavy atom. The van der Waals surface area contributed by atoms with Crippen LogP contribution >= 0.6 is 0 Å². The molecule has 6 nitrogen and oxygen atoms in total. The number of likely N-dealkylation sites (tertiary alicyclic amines) is 1. The Kier molecular flexibility index (Phi) is 3.99. The van der Waals surface area contributed by atoms with Gasteiger partial charge in [-0.15, -0.1) is 0 Å². The van der Waals surface area contributed by atoms with Gasteiger partial charge in [-0.1, -0.05) is 6.42 Å². The third kappa shape index (κ3) is 2.84. The van der Waals surface area contributed by atoms with E-state index in [2.05, 4.69) is 4.98 Å². The molecule has 3 fully saturated rings. The molecule has 0 aromatic carbocycles. The van der Waals surface area contributed by atoms with Crippen LogP contribution in [0.1, 0.15) is 75.0 Å². The van der Waals surface area contributed by atoms with Gasteiger partial charge in [-0.25, -0.2) is 9.97 Å². The average molecular weight is 368 g/mol. The molecular weight excluding hydrogens is 340 g/mol. The summed E-state index contributed by atoms with van der Waals surface area (Å²) in [6, 6.07) is 0.00569. The SMILES string of the molecule is CC(=O)N1CCCC[C@H]1c1ncc2c(n1)CCN(C(=O)[C@@H]1CC13CCC3)C2. The third-order valence-corrected chi connectivity index (χ3v) is 7.31. The van der Waals surface area contributed by atoms with Gasteiger partial charge in [-0.3, -0.25) is 9.59 Å². The number of carbonyl (C=O) groups is 2. The molecule has 4 aliphatic rings. The van der Waals surface area contributed by atoms with E-state index < -0.39 is 0 Å². The van der Waals surface area contributed by atoms with Crippen molar-refractivity contribution in [3.63, 3.8) is 0 Å². The zero-order chi connectivity index (χ0) is 18.6. The molecular formula is C21H28N4O2. The van der Waals surface area contributed by atoms with Gasteiger partial charge in [0.1, 0.15) is 0 Å². The molecule has 2 aliphatic carbocycles. The van der Waals surface area contributed by atoms with Gasteiger partial charge >= 0.3 is 0 Å². The quantitative estimate of drug-likeness (QED) is 0.805. The van der Waals surface area contributed by atoms with E-state index >= 15 is 0 Å². The largest absolute Gasteiger partial charge is 0.338 e. The maximum atomic E-state index is 12.9. The minimum atomic E-state index is 0.00569. The standard InChI is InChI=1S/C21H28N4O2/c1-14(26)25-9-3-2-5-18(25)19-22-12-15-13-24(10-6-17(15)23-19)20(27)16-11-21(16)7-4-8-21/h12,16,18H,2-11,13H2,1H3/t16-,18-/m0/s1. The number of amides is 2. The fourth-order valence-electron chi connectivity index (χ4n) is 5.36. The molecule has 1 saturated heterocycles. The van der Waals surface area contributed by atoms with E-state index in [1.165, 1.54) is 19.3 Å². The second-order valence-electron chi connectivity index (χ2n) is 8.91. The van der Waals surface area contributed by atoms with E-state index in [0.29, 0.717) is 17.9 Å². The third-order valence-electron chi connectivity index (χ3n) is 7.31. The summed E-state index contributed by atoms with van der Waals surface area (Å²) in [5, 5.41) is 0. The first-order valence-corrected chi connectivity index (χ1v) is 10.5. The monoisotopic (exact) mass is 368 g/mol. The molecule has 5 rings (SSSR count). The number of rotatable bonds is 2. The molecule has 1 spiro atoms. The zero-order valence-electron chi connectivity index (χ0n) is 16.1. The Morgan fingerprint density at radius 1 is 1.19 bits per heavy atom. The number of aromatic nitrogens is 2. The van der Waals surface area contributed by atoms with Gasteiger partial charge in [0, 0.05) is 50.7 Å². The fourth-order valence-corrected chi connectivity index (χ4v) is 5.36. The first-order valence-electron chi connectivity index (χ1n) is 10.5. The molecule has 0 N–H and O–H groups in total. The van der Waals surface area contributed by atoms with Gasteiger partial charge in [0.05, 0.1) is 11.7 Å². The van der Waals surface area contributed by atoms with Gasteiger partial charge < -0.3 is 9.80 Å². The van der Waals surface area contributed by atoms with Crippen molar-refractivity contribution in [3.8, 4) is 0 Å². The fraction of sp³-hybridized carbons (Fsp3) is 0.714. The average Bonchev–Trinajstić information content (AvgIpc) is 3.43. The maximum absolute atomic E-state index is 12.9. The Balaban J connectivity index is 1.31. The van der Waals surface area contributed by atoms with Crippen LogP contribution in [0.5, 0.6) is 0 Å². The van der Waals surface area contributed by atoms with Crippen molar-refractivity contribution in [2.75, 3.05) is 13.1 Å². The molecule has 0 radical (unpaired) electrons. The van der Waals surface area contributed by atoms with Crippen LogP contribution in [0.15, 0.2) is 6.20 Å². The summed E-state index contributed by atoms with van der Waals surface area (Å²) in [6.45, 7) is 3.83. The van der Waals surface area contributed by atoms with Gasteiger partial charge in [0.25, 0.3) is 0 Å². The molecule has 1 aromatic rings. The highest BCUT2D eigenvalue weighted by molar-refractivity contribution is 5.83. The van der Waals surface area contributed by atoms with Crippen LogP contribution in [0.25, 0.3) is 0 Å². The number of piperidine rings is 1. The highest BCUT2D eigenvalue weighted by Gasteiger charge is 2.61. The van der Waals surface area contributed by atoms with Gasteiger partial charge in [0.15, 0.2) is 5.82 Å². The van der Waals surface area contributed by atoms with Crippen molar-refractivity contribution < 1.29 is 9.59 Å². The van der Waals surface area contributed by atoms with Crippen LogP contribution in [-0.2, 0) is 22.6 Å². The summed E-state index contributed by atoms with van der Waals surface area (Å²) < 4.78 is 0. The first kappa shape index (κ1) is 17.1. The van der Waals surface area contributed by atoms with Crippen LogP contribution < -0.4 is 0 Å². The van der Waals surface area contributed by atoms with E-state index in [1.807, 2.05) is 16.0 Å². The highest BCUT2D eigenvalue weighted by atomic mass is 16.2. The van der Waals surface area contributed by atoms with Crippen molar-refractivity contribution in [1.29, 1.82) is 0 Å². The summed E-state index contributed by atoms with van der Waals surface area (Å²) in [7, 11) is 0. The lowest BCUT2D eigenvalue weighted by atomic mass is 9.79. The number of nitrogens with zero attached hydrogens (tertiary/aromatic N) is 4. The minimum Gasteiger partial charge on any atom is -0.338 e. The number of fused-ring (bicyclic) bond motifs is 1. The lowest BCUT2D eigenvalue weighted by Gasteiger charge is -2.35. The summed E-state index contributed by atoms with van der Waals surface area (Å²) in [5.74, 6) is 1.50. The van der Waals surface area contributed by atoms with Crippen LogP contribution in [0.3, 0.4) is 0 Å². The molecule has 0 bridgehead atoms. The predicted molar refractivity (Wildman–Crippen MR) is 99.5 cm³/mol. The van der Waals surface area contributed by atoms with E-state index in [9.17, 15) is 9.59 Å². The second kappa shape index (κ2) is 6.28. The Labute approximate surface area is 160 Å². The van der Waals surface area contributed by atoms with Gasteiger partial charge in [-0.2, -0.15) is 0 Å². The summed E-state index contributed by atoms with van der Waals surface area (Å²) >= 11 is 0. The number of carbonyl (C=O) groups excluding carboxylic acids is 2. The highest BCUT2D eigenvalue weighted by Crippen LogP contribution is 2.66. The molecule has 6 heteroatoms. The smallest absolute Gasteiger partial charge is 0.226 e. The Bertz CT molecular complexity index is 788. The maximum Gasteiger partial charge on any atom is 0.226 e. The molecule has 3 heterocycles. The Hall–Kier alpha value is -1.98. The topological polar surface area (TPSA) is 66.4 Å². The van der Waals surface area contributed by atoms with Crippen molar-refractivity contribution in [1.82, 2.24) is 19.8 Å². The minimum absolute atomic E-state index is 0.00569. The van der Waals surface area contributed by atoms with Crippen LogP contribution in [0, 0.1) is 11.3 Å².